The Kier molecular flexibility index (Phi) is 2.69. The van der Waals surface area contributed by atoms with Crippen LogP contribution in [0.5, 0.6) is 0 Å². The highest BCUT2D eigenvalue weighted by Crippen LogP contribution is 2.12. The largest absolute Gasteiger partial charge is 0.409 e. The highest BCUT2D eigenvalue weighted by molar-refractivity contribution is 6.30. The monoisotopic (exact) mass is 238 g/mol. The number of aromatic nitrogens is 4. The van der Waals surface area contributed by atoms with Crippen molar-refractivity contribution in [3.05, 3.63) is 35.2 Å². The van der Waals surface area contributed by atoms with Gasteiger partial charge >= 0.3 is 0 Å². The quantitative estimate of drug-likeness (QED) is 0.341. The minimum absolute atomic E-state index is 0.0727. The molecule has 3 N–H and O–H groups in total. The smallest absolute Gasteiger partial charge is 0.186 e. The second kappa shape index (κ2) is 4.15. The van der Waals surface area contributed by atoms with Gasteiger partial charge in [0.05, 0.1) is 29.2 Å². The average Bonchev–Trinajstić information content (AvgIpc) is 2.75. The topological polar surface area (TPSA) is 102 Å². The molecule has 0 spiro atoms. The van der Waals surface area contributed by atoms with Gasteiger partial charge in [0.2, 0.25) is 0 Å². The van der Waals surface area contributed by atoms with Crippen LogP contribution in [0.4, 0.5) is 0 Å². The lowest BCUT2D eigenvalue weighted by Gasteiger charge is -2.04. The summed E-state index contributed by atoms with van der Waals surface area (Å²) in [5, 5.41) is 23.5. The Hall–Kier alpha value is -2.15. The van der Waals surface area contributed by atoms with E-state index in [4.69, 9.17) is 22.5 Å². The molecule has 2 aromatic rings. The Morgan fingerprint density at radius 3 is 3.00 bits per heavy atom. The Labute approximate surface area is 95.2 Å². The van der Waals surface area contributed by atoms with Crippen molar-refractivity contribution in [1.82, 2.24) is 20.0 Å². The fraction of sp³-hybridized carbons (Fsp3) is 0. The average molecular weight is 239 g/mol. The molecular formula is C8H7ClN6O. The Morgan fingerprint density at radius 1 is 1.56 bits per heavy atom. The molecule has 2 heterocycles. The van der Waals surface area contributed by atoms with Crippen molar-refractivity contribution in [3.8, 4) is 5.82 Å². The van der Waals surface area contributed by atoms with Crippen molar-refractivity contribution in [2.24, 2.45) is 10.9 Å². The van der Waals surface area contributed by atoms with E-state index in [2.05, 4.69) is 20.5 Å². The molecule has 0 saturated heterocycles. The van der Waals surface area contributed by atoms with Gasteiger partial charge < -0.3 is 10.9 Å². The van der Waals surface area contributed by atoms with Gasteiger partial charge in [-0.2, -0.15) is 10.2 Å². The van der Waals surface area contributed by atoms with E-state index >= 15 is 0 Å². The number of halogens is 1. The zero-order chi connectivity index (χ0) is 11.5. The van der Waals surface area contributed by atoms with Crippen molar-refractivity contribution >= 4 is 17.4 Å². The van der Waals surface area contributed by atoms with Crippen LogP contribution in [-0.4, -0.2) is 31.0 Å². The third-order valence-electron chi connectivity index (χ3n) is 1.85. The number of hydrogen-bond donors (Lipinski definition) is 2. The van der Waals surface area contributed by atoms with E-state index in [-0.39, 0.29) is 5.84 Å². The molecule has 7 nitrogen and oxygen atoms in total. The molecule has 0 atom stereocenters. The zero-order valence-corrected chi connectivity index (χ0v) is 8.70. The standard InChI is InChI=1S/C8H7ClN6O/c9-5-3-12-15(4-5)8-6(7(10)14-16)1-2-11-13-8/h1-4,16H,(H2,10,14). The predicted octanol–water partition coefficient (Wildman–Crippen LogP) is 0.410. The molecule has 0 aliphatic heterocycles. The molecule has 0 bridgehead atoms. The fourth-order valence-corrected chi connectivity index (χ4v) is 1.30. The van der Waals surface area contributed by atoms with E-state index in [0.717, 1.165) is 0 Å². The molecule has 0 aromatic carbocycles. The highest BCUT2D eigenvalue weighted by atomic mass is 35.5. The minimum atomic E-state index is -0.0727. The fourth-order valence-electron chi connectivity index (χ4n) is 1.16. The van der Waals surface area contributed by atoms with E-state index in [9.17, 15) is 0 Å². The SMILES string of the molecule is N/C(=N/O)c1ccnnc1-n1cc(Cl)cn1. The number of amidine groups is 1. The van der Waals surface area contributed by atoms with Gasteiger partial charge in [0, 0.05) is 0 Å². The van der Waals surface area contributed by atoms with E-state index in [1.54, 1.807) is 12.3 Å². The summed E-state index contributed by atoms with van der Waals surface area (Å²) < 4.78 is 1.39. The molecule has 16 heavy (non-hydrogen) atoms. The van der Waals surface area contributed by atoms with Crippen molar-refractivity contribution in [2.45, 2.75) is 0 Å². The van der Waals surface area contributed by atoms with Gasteiger partial charge in [0.1, 0.15) is 0 Å². The molecule has 0 aliphatic rings. The summed E-state index contributed by atoms with van der Waals surface area (Å²) in [5.41, 5.74) is 5.91. The molecule has 82 valence electrons. The van der Waals surface area contributed by atoms with Crippen LogP contribution < -0.4 is 5.73 Å². The van der Waals surface area contributed by atoms with Crippen LogP contribution in [0.15, 0.2) is 29.8 Å². The van der Waals surface area contributed by atoms with Crippen LogP contribution in [-0.2, 0) is 0 Å². The number of nitrogens with zero attached hydrogens (tertiary/aromatic N) is 5. The molecule has 8 heteroatoms. The van der Waals surface area contributed by atoms with Gasteiger partial charge in [-0.25, -0.2) is 4.68 Å². The van der Waals surface area contributed by atoms with Crippen LogP contribution in [0.2, 0.25) is 5.02 Å². The minimum Gasteiger partial charge on any atom is -0.409 e. The normalized spacial score (nSPS) is 11.7. The van der Waals surface area contributed by atoms with Crippen LogP contribution in [0.25, 0.3) is 5.82 Å². The second-order valence-electron chi connectivity index (χ2n) is 2.86. The molecular weight excluding hydrogens is 232 g/mol. The molecule has 0 amide bonds. The van der Waals surface area contributed by atoms with Crippen LogP contribution in [0.3, 0.4) is 0 Å². The van der Waals surface area contributed by atoms with Crippen molar-refractivity contribution in [2.75, 3.05) is 0 Å². The summed E-state index contributed by atoms with van der Waals surface area (Å²) >= 11 is 5.73. The number of oxime groups is 1. The first-order valence-electron chi connectivity index (χ1n) is 4.22. The summed E-state index contributed by atoms with van der Waals surface area (Å²) in [7, 11) is 0. The second-order valence-corrected chi connectivity index (χ2v) is 3.29. The first-order chi connectivity index (χ1) is 7.72. The molecule has 0 aliphatic carbocycles. The van der Waals surface area contributed by atoms with Crippen molar-refractivity contribution < 1.29 is 5.21 Å². The first kappa shape index (κ1) is 10.4. The lowest BCUT2D eigenvalue weighted by molar-refractivity contribution is 0.318. The van der Waals surface area contributed by atoms with Crippen LogP contribution >= 0.6 is 11.6 Å². The van der Waals surface area contributed by atoms with E-state index in [1.807, 2.05) is 0 Å². The number of nitrogens with two attached hydrogens (primary N) is 1. The molecule has 0 fully saturated rings. The molecule has 0 unspecified atom stereocenters. The van der Waals surface area contributed by atoms with Crippen molar-refractivity contribution in [1.29, 1.82) is 0 Å². The summed E-state index contributed by atoms with van der Waals surface area (Å²) in [6.07, 6.45) is 4.42. The van der Waals surface area contributed by atoms with Crippen molar-refractivity contribution in [3.63, 3.8) is 0 Å². The molecule has 0 radical (unpaired) electrons. The van der Waals surface area contributed by atoms with E-state index in [1.165, 1.54) is 17.1 Å². The van der Waals surface area contributed by atoms with Gasteiger partial charge in [-0.1, -0.05) is 16.8 Å². The van der Waals surface area contributed by atoms with Gasteiger partial charge in [-0.15, -0.1) is 5.10 Å². The maximum absolute atomic E-state index is 8.62. The first-order valence-corrected chi connectivity index (χ1v) is 4.60. The summed E-state index contributed by atoms with van der Waals surface area (Å²) in [6, 6.07) is 1.56. The Morgan fingerprint density at radius 2 is 2.38 bits per heavy atom. The van der Waals surface area contributed by atoms with Gasteiger partial charge in [0.25, 0.3) is 0 Å². The molecule has 2 aromatic heterocycles. The summed E-state index contributed by atoms with van der Waals surface area (Å²) in [4.78, 5) is 0. The third kappa shape index (κ3) is 1.80. The summed E-state index contributed by atoms with van der Waals surface area (Å²) in [6.45, 7) is 0. The van der Waals surface area contributed by atoms with E-state index in [0.29, 0.717) is 16.4 Å². The number of hydrogen-bond acceptors (Lipinski definition) is 5. The van der Waals surface area contributed by atoms with E-state index < -0.39 is 0 Å². The Balaban J connectivity index is 2.57. The molecule has 0 saturated carbocycles. The lowest BCUT2D eigenvalue weighted by atomic mass is 10.2. The maximum atomic E-state index is 8.62. The van der Waals surface area contributed by atoms with Crippen LogP contribution in [0, 0.1) is 0 Å². The van der Waals surface area contributed by atoms with Gasteiger partial charge in [-0.3, -0.25) is 0 Å². The zero-order valence-electron chi connectivity index (χ0n) is 7.95. The molecule has 2 rings (SSSR count). The van der Waals surface area contributed by atoms with Crippen LogP contribution in [0.1, 0.15) is 5.56 Å². The van der Waals surface area contributed by atoms with Gasteiger partial charge in [-0.05, 0) is 6.07 Å². The third-order valence-corrected chi connectivity index (χ3v) is 2.05. The number of rotatable bonds is 2. The highest BCUT2D eigenvalue weighted by Gasteiger charge is 2.11. The lowest BCUT2D eigenvalue weighted by Crippen LogP contribution is -2.18. The van der Waals surface area contributed by atoms with Gasteiger partial charge in [0.15, 0.2) is 11.7 Å². The Bertz CT molecular complexity index is 537. The maximum Gasteiger partial charge on any atom is 0.186 e. The predicted molar refractivity (Wildman–Crippen MR) is 56.7 cm³/mol. The summed E-state index contributed by atoms with van der Waals surface area (Å²) in [5.74, 6) is 0.265.